The molecule has 2 aliphatic rings. The molecule has 1 heterocycles. The average molecular weight is 232 g/mol. The number of benzene rings is 1. The van der Waals surface area contributed by atoms with Gasteiger partial charge in [-0.05, 0) is 30.9 Å². The molecule has 0 amide bonds. The lowest BCUT2D eigenvalue weighted by molar-refractivity contribution is 0.121. The minimum Gasteiger partial charge on any atom is -0.397 e. The Bertz CT molecular complexity index is 420. The van der Waals surface area contributed by atoms with Gasteiger partial charge in [-0.2, -0.15) is 0 Å². The molecule has 1 saturated carbocycles. The van der Waals surface area contributed by atoms with Crippen molar-refractivity contribution in [3.05, 3.63) is 24.3 Å². The van der Waals surface area contributed by atoms with Crippen LogP contribution in [0.5, 0.6) is 0 Å². The largest absolute Gasteiger partial charge is 0.397 e. The molecule has 92 valence electrons. The van der Waals surface area contributed by atoms with Crippen LogP contribution in [0.2, 0.25) is 0 Å². The molecule has 2 atom stereocenters. The van der Waals surface area contributed by atoms with Crippen molar-refractivity contribution < 1.29 is 5.11 Å². The smallest absolute Gasteiger partial charge is 0.0600 e. The van der Waals surface area contributed by atoms with Gasteiger partial charge >= 0.3 is 0 Å². The fourth-order valence-corrected chi connectivity index (χ4v) is 3.63. The van der Waals surface area contributed by atoms with Crippen LogP contribution in [0.4, 0.5) is 11.4 Å². The third-order valence-electron chi connectivity index (χ3n) is 4.63. The van der Waals surface area contributed by atoms with Crippen LogP contribution >= 0.6 is 0 Å². The molecule has 1 saturated heterocycles. The predicted molar refractivity (Wildman–Crippen MR) is 69.9 cm³/mol. The summed E-state index contributed by atoms with van der Waals surface area (Å²) in [6.07, 6.45) is 3.69. The lowest BCUT2D eigenvalue weighted by Gasteiger charge is -2.27. The van der Waals surface area contributed by atoms with E-state index in [9.17, 15) is 5.11 Å². The molecule has 2 fully saturated rings. The second kappa shape index (κ2) is 3.91. The van der Waals surface area contributed by atoms with Crippen molar-refractivity contribution in [2.75, 3.05) is 30.3 Å². The lowest BCUT2D eigenvalue weighted by atomic mass is 9.82. The first-order chi connectivity index (χ1) is 8.25. The van der Waals surface area contributed by atoms with E-state index < -0.39 is 0 Å². The summed E-state index contributed by atoms with van der Waals surface area (Å²) in [5.74, 6) is 0.645. The summed E-state index contributed by atoms with van der Waals surface area (Å²) < 4.78 is 0. The zero-order valence-electron chi connectivity index (χ0n) is 10.1. The Morgan fingerprint density at radius 3 is 2.94 bits per heavy atom. The molecule has 0 spiro atoms. The topological polar surface area (TPSA) is 49.5 Å². The zero-order valence-corrected chi connectivity index (χ0v) is 10.1. The zero-order chi connectivity index (χ0) is 11.9. The molecule has 17 heavy (non-hydrogen) atoms. The Morgan fingerprint density at radius 2 is 2.24 bits per heavy atom. The lowest BCUT2D eigenvalue weighted by Crippen LogP contribution is -2.31. The van der Waals surface area contributed by atoms with Gasteiger partial charge in [0.1, 0.15) is 0 Å². The molecule has 1 aliphatic heterocycles. The van der Waals surface area contributed by atoms with Crippen molar-refractivity contribution in [3.8, 4) is 0 Å². The van der Waals surface area contributed by atoms with Crippen molar-refractivity contribution in [1.29, 1.82) is 0 Å². The molecule has 1 aromatic carbocycles. The summed E-state index contributed by atoms with van der Waals surface area (Å²) >= 11 is 0. The second-order valence-corrected chi connectivity index (χ2v) is 5.55. The van der Waals surface area contributed by atoms with Crippen LogP contribution in [-0.4, -0.2) is 24.8 Å². The van der Waals surface area contributed by atoms with Crippen molar-refractivity contribution >= 4 is 11.4 Å². The summed E-state index contributed by atoms with van der Waals surface area (Å²) in [7, 11) is 0. The SMILES string of the molecule is Nc1ccccc1N1C[C@H]2CCC[C@@]2(CO)C1. The first-order valence-corrected chi connectivity index (χ1v) is 6.45. The highest BCUT2D eigenvalue weighted by Gasteiger charge is 2.49. The number of aliphatic hydroxyl groups is 1. The Morgan fingerprint density at radius 1 is 1.41 bits per heavy atom. The van der Waals surface area contributed by atoms with Crippen LogP contribution in [0.15, 0.2) is 24.3 Å². The van der Waals surface area contributed by atoms with Gasteiger partial charge in [-0.1, -0.05) is 18.6 Å². The summed E-state index contributed by atoms with van der Waals surface area (Å²) in [5, 5.41) is 9.70. The second-order valence-electron chi connectivity index (χ2n) is 5.55. The summed E-state index contributed by atoms with van der Waals surface area (Å²) in [5.41, 5.74) is 8.15. The van der Waals surface area contributed by atoms with Crippen molar-refractivity contribution in [1.82, 2.24) is 0 Å². The molecule has 0 radical (unpaired) electrons. The quantitative estimate of drug-likeness (QED) is 0.765. The van der Waals surface area contributed by atoms with Gasteiger partial charge < -0.3 is 15.7 Å². The van der Waals surface area contributed by atoms with Crippen LogP contribution in [0.1, 0.15) is 19.3 Å². The third kappa shape index (κ3) is 1.61. The number of hydrogen-bond donors (Lipinski definition) is 2. The van der Waals surface area contributed by atoms with Crippen LogP contribution in [-0.2, 0) is 0 Å². The molecule has 3 nitrogen and oxygen atoms in total. The van der Waals surface area contributed by atoms with E-state index in [0.717, 1.165) is 30.9 Å². The maximum absolute atomic E-state index is 9.70. The van der Waals surface area contributed by atoms with E-state index in [-0.39, 0.29) is 5.41 Å². The van der Waals surface area contributed by atoms with Crippen molar-refractivity contribution in [2.24, 2.45) is 11.3 Å². The standard InChI is InChI=1S/C14H20N2O/c15-12-5-1-2-6-13(12)16-8-11-4-3-7-14(11,9-16)10-17/h1-2,5-6,11,17H,3-4,7-10,15H2/t11-,14+/m1/s1. The van der Waals surface area contributed by atoms with Crippen molar-refractivity contribution in [2.45, 2.75) is 19.3 Å². The van der Waals surface area contributed by atoms with E-state index >= 15 is 0 Å². The minimum absolute atomic E-state index is 0.141. The van der Waals surface area contributed by atoms with Gasteiger partial charge in [-0.3, -0.25) is 0 Å². The van der Waals surface area contributed by atoms with Gasteiger partial charge in [0, 0.05) is 18.5 Å². The molecule has 0 aromatic heterocycles. The molecular weight excluding hydrogens is 212 g/mol. The highest BCUT2D eigenvalue weighted by Crippen LogP contribution is 2.49. The molecule has 1 aliphatic carbocycles. The number of anilines is 2. The summed E-state index contributed by atoms with van der Waals surface area (Å²) in [4.78, 5) is 2.36. The molecule has 3 heteroatoms. The number of hydrogen-bond acceptors (Lipinski definition) is 3. The third-order valence-corrected chi connectivity index (χ3v) is 4.63. The molecule has 0 unspecified atom stereocenters. The number of nitrogen functional groups attached to an aromatic ring is 1. The number of para-hydroxylation sites is 2. The highest BCUT2D eigenvalue weighted by molar-refractivity contribution is 5.68. The highest BCUT2D eigenvalue weighted by atomic mass is 16.3. The number of fused-ring (bicyclic) bond motifs is 1. The Labute approximate surface area is 102 Å². The average Bonchev–Trinajstić information content (AvgIpc) is 2.86. The number of nitrogens with zero attached hydrogens (tertiary/aromatic N) is 1. The van der Waals surface area contributed by atoms with Crippen molar-refractivity contribution in [3.63, 3.8) is 0 Å². The fraction of sp³-hybridized carbons (Fsp3) is 0.571. The summed E-state index contributed by atoms with van der Waals surface area (Å²) in [6, 6.07) is 8.04. The normalized spacial score (nSPS) is 31.8. The van der Waals surface area contributed by atoms with Gasteiger partial charge in [-0.25, -0.2) is 0 Å². The van der Waals surface area contributed by atoms with Gasteiger partial charge in [0.15, 0.2) is 0 Å². The Hall–Kier alpha value is -1.22. The molecule has 3 N–H and O–H groups in total. The predicted octanol–water partition coefficient (Wildman–Crippen LogP) is 1.87. The molecule has 3 rings (SSSR count). The van der Waals surface area contributed by atoms with Gasteiger partial charge in [0.2, 0.25) is 0 Å². The van der Waals surface area contributed by atoms with E-state index in [1.807, 2.05) is 18.2 Å². The van der Waals surface area contributed by atoms with Crippen LogP contribution in [0.25, 0.3) is 0 Å². The first kappa shape index (κ1) is 10.9. The monoisotopic (exact) mass is 232 g/mol. The number of aliphatic hydroxyl groups excluding tert-OH is 1. The van der Waals surface area contributed by atoms with E-state index in [4.69, 9.17) is 5.73 Å². The molecular formula is C14H20N2O. The van der Waals surface area contributed by atoms with E-state index in [1.54, 1.807) is 0 Å². The summed E-state index contributed by atoms with van der Waals surface area (Å²) in [6.45, 7) is 2.33. The Balaban J connectivity index is 1.87. The maximum Gasteiger partial charge on any atom is 0.0600 e. The minimum atomic E-state index is 0.141. The van der Waals surface area contributed by atoms with E-state index in [0.29, 0.717) is 12.5 Å². The van der Waals surface area contributed by atoms with Gasteiger partial charge in [-0.15, -0.1) is 0 Å². The first-order valence-electron chi connectivity index (χ1n) is 6.45. The van der Waals surface area contributed by atoms with Crippen LogP contribution in [0, 0.1) is 11.3 Å². The molecule has 1 aromatic rings. The number of rotatable bonds is 2. The molecule has 0 bridgehead atoms. The van der Waals surface area contributed by atoms with Gasteiger partial charge in [0.25, 0.3) is 0 Å². The number of nitrogens with two attached hydrogens (primary N) is 1. The Kier molecular flexibility index (Phi) is 2.51. The van der Waals surface area contributed by atoms with E-state index in [1.165, 1.54) is 12.8 Å². The fourth-order valence-electron chi connectivity index (χ4n) is 3.63. The maximum atomic E-state index is 9.70. The van der Waals surface area contributed by atoms with Crippen LogP contribution in [0.3, 0.4) is 0 Å². The van der Waals surface area contributed by atoms with Gasteiger partial charge in [0.05, 0.1) is 18.0 Å². The van der Waals surface area contributed by atoms with E-state index in [2.05, 4.69) is 11.0 Å². The van der Waals surface area contributed by atoms with Crippen LogP contribution < -0.4 is 10.6 Å².